The van der Waals surface area contributed by atoms with E-state index in [-0.39, 0.29) is 18.2 Å². The molecule has 1 amide bonds. The molecule has 1 rings (SSSR count). The van der Waals surface area contributed by atoms with Crippen LogP contribution >= 0.6 is 0 Å². The Kier molecular flexibility index (Phi) is 6.36. The topological polar surface area (TPSA) is 55.4 Å². The van der Waals surface area contributed by atoms with Crippen LogP contribution < -0.4 is 5.32 Å². The Bertz CT molecular complexity index is 440. The Morgan fingerprint density at radius 3 is 2.58 bits per heavy atom. The van der Waals surface area contributed by atoms with Crippen molar-refractivity contribution in [3.63, 3.8) is 0 Å². The zero-order valence-corrected chi connectivity index (χ0v) is 11.3. The van der Waals surface area contributed by atoms with Gasteiger partial charge in [-0.05, 0) is 25.5 Å². The van der Waals surface area contributed by atoms with Gasteiger partial charge in [0, 0.05) is 6.42 Å². The third-order valence-electron chi connectivity index (χ3n) is 2.53. The summed E-state index contributed by atoms with van der Waals surface area (Å²) in [6.45, 7) is 3.83. The lowest BCUT2D eigenvalue weighted by Gasteiger charge is -2.17. The molecule has 4 heteroatoms. The van der Waals surface area contributed by atoms with E-state index in [1.54, 1.807) is 19.9 Å². The van der Waals surface area contributed by atoms with Crippen molar-refractivity contribution < 1.29 is 14.3 Å². The van der Waals surface area contributed by atoms with E-state index in [1.165, 1.54) is 6.08 Å². The summed E-state index contributed by atoms with van der Waals surface area (Å²) in [6.07, 6.45) is 2.90. The number of alkyl carbamates (subject to hydrolysis) is 1. The second kappa shape index (κ2) is 8.08. The molecule has 0 aliphatic heterocycles. The molecular formula is C15H19NO3. The molecule has 4 nitrogen and oxygen atoms in total. The summed E-state index contributed by atoms with van der Waals surface area (Å²) in [7, 11) is 0. The second-order valence-electron chi connectivity index (χ2n) is 4.00. The fraction of sp³-hybridized carbons (Fsp3) is 0.333. The van der Waals surface area contributed by atoms with Crippen LogP contribution in [0, 0.1) is 0 Å². The number of nitrogens with one attached hydrogen (secondary N) is 1. The van der Waals surface area contributed by atoms with Crippen LogP contribution in [0.5, 0.6) is 0 Å². The molecule has 102 valence electrons. The van der Waals surface area contributed by atoms with Gasteiger partial charge in [-0.1, -0.05) is 36.4 Å². The molecule has 1 aromatic rings. The Labute approximate surface area is 113 Å². The van der Waals surface area contributed by atoms with Crippen LogP contribution in [0.1, 0.15) is 31.9 Å². The van der Waals surface area contributed by atoms with Gasteiger partial charge in [-0.25, -0.2) is 4.79 Å². The third kappa shape index (κ3) is 5.38. The molecule has 0 bridgehead atoms. The Hall–Kier alpha value is -2.10. The number of hydrogen-bond donors (Lipinski definition) is 1. The van der Waals surface area contributed by atoms with E-state index in [4.69, 9.17) is 4.74 Å². The molecule has 0 saturated heterocycles. The first kappa shape index (κ1) is 15.0. The highest BCUT2D eigenvalue weighted by molar-refractivity contribution is 5.90. The summed E-state index contributed by atoms with van der Waals surface area (Å²) in [6, 6.07) is 9.01. The van der Waals surface area contributed by atoms with E-state index in [9.17, 15) is 9.59 Å². The van der Waals surface area contributed by atoms with Crippen molar-refractivity contribution in [3.05, 3.63) is 48.0 Å². The van der Waals surface area contributed by atoms with Crippen LogP contribution in [0.2, 0.25) is 0 Å². The standard InChI is InChI=1S/C15H19NO3/c1-3-8-13(17)11-14(16-15(18)19-4-2)12-9-6-5-7-10-12/h3,5-10,14H,4,11H2,1-2H3,(H,16,18)/b8-3+/t14-/m0/s1. The van der Waals surface area contributed by atoms with Gasteiger partial charge in [-0.15, -0.1) is 0 Å². The van der Waals surface area contributed by atoms with Gasteiger partial charge in [-0.2, -0.15) is 0 Å². The van der Waals surface area contributed by atoms with Crippen molar-refractivity contribution in [3.8, 4) is 0 Å². The van der Waals surface area contributed by atoms with Gasteiger partial charge in [0.2, 0.25) is 0 Å². The van der Waals surface area contributed by atoms with Crippen molar-refractivity contribution >= 4 is 11.9 Å². The molecule has 0 aliphatic rings. The predicted molar refractivity (Wildman–Crippen MR) is 73.8 cm³/mol. The summed E-state index contributed by atoms with van der Waals surface area (Å²) >= 11 is 0. The van der Waals surface area contributed by atoms with Crippen LogP contribution in [-0.4, -0.2) is 18.5 Å². The van der Waals surface area contributed by atoms with Crippen LogP contribution in [0.25, 0.3) is 0 Å². The van der Waals surface area contributed by atoms with E-state index in [1.807, 2.05) is 30.3 Å². The summed E-state index contributed by atoms with van der Waals surface area (Å²) < 4.78 is 4.86. The van der Waals surface area contributed by atoms with E-state index in [2.05, 4.69) is 5.32 Å². The van der Waals surface area contributed by atoms with Crippen molar-refractivity contribution in [2.24, 2.45) is 0 Å². The maximum atomic E-state index is 11.7. The molecule has 19 heavy (non-hydrogen) atoms. The number of hydrogen-bond acceptors (Lipinski definition) is 3. The largest absolute Gasteiger partial charge is 0.450 e. The van der Waals surface area contributed by atoms with Crippen molar-refractivity contribution in [2.45, 2.75) is 26.3 Å². The maximum absolute atomic E-state index is 11.7. The number of carbonyl (C=O) groups excluding carboxylic acids is 2. The average molecular weight is 261 g/mol. The molecule has 1 N–H and O–H groups in total. The number of carbonyl (C=O) groups is 2. The van der Waals surface area contributed by atoms with Gasteiger partial charge in [-0.3, -0.25) is 4.79 Å². The number of ketones is 1. The van der Waals surface area contributed by atoms with Crippen molar-refractivity contribution in [1.29, 1.82) is 0 Å². The zero-order chi connectivity index (χ0) is 14.1. The average Bonchev–Trinajstić information content (AvgIpc) is 2.39. The molecule has 0 unspecified atom stereocenters. The van der Waals surface area contributed by atoms with E-state index < -0.39 is 6.09 Å². The Balaban J connectivity index is 2.79. The lowest BCUT2D eigenvalue weighted by atomic mass is 10.0. The van der Waals surface area contributed by atoms with Gasteiger partial charge in [0.25, 0.3) is 0 Å². The summed E-state index contributed by atoms with van der Waals surface area (Å²) in [5.74, 6) is -0.0341. The molecular weight excluding hydrogens is 242 g/mol. The molecule has 0 saturated carbocycles. The summed E-state index contributed by atoms with van der Waals surface area (Å²) in [5.41, 5.74) is 0.883. The summed E-state index contributed by atoms with van der Waals surface area (Å²) in [5, 5.41) is 2.71. The normalized spacial score (nSPS) is 12.1. The van der Waals surface area contributed by atoms with Gasteiger partial charge in [0.1, 0.15) is 0 Å². The smallest absolute Gasteiger partial charge is 0.407 e. The highest BCUT2D eigenvalue weighted by Gasteiger charge is 2.17. The number of rotatable bonds is 6. The lowest BCUT2D eigenvalue weighted by molar-refractivity contribution is -0.115. The van der Waals surface area contributed by atoms with Gasteiger partial charge < -0.3 is 10.1 Å². The minimum atomic E-state index is -0.510. The number of amides is 1. The van der Waals surface area contributed by atoms with Crippen LogP contribution in [0.15, 0.2) is 42.5 Å². The Morgan fingerprint density at radius 2 is 2.00 bits per heavy atom. The molecule has 0 aliphatic carbocycles. The molecule has 0 spiro atoms. The maximum Gasteiger partial charge on any atom is 0.407 e. The van der Waals surface area contributed by atoms with Gasteiger partial charge in [0.15, 0.2) is 5.78 Å². The second-order valence-corrected chi connectivity index (χ2v) is 4.00. The van der Waals surface area contributed by atoms with E-state index in [0.717, 1.165) is 5.56 Å². The van der Waals surface area contributed by atoms with Gasteiger partial charge in [0.05, 0.1) is 12.6 Å². The molecule has 0 aromatic heterocycles. The number of benzene rings is 1. The van der Waals surface area contributed by atoms with Crippen LogP contribution in [0.4, 0.5) is 4.79 Å². The van der Waals surface area contributed by atoms with Crippen LogP contribution in [0.3, 0.4) is 0 Å². The quantitative estimate of drug-likeness (QED) is 0.801. The van der Waals surface area contributed by atoms with Crippen LogP contribution in [-0.2, 0) is 9.53 Å². The first-order valence-corrected chi connectivity index (χ1v) is 6.31. The SMILES string of the molecule is C/C=C/C(=O)C[C@H](NC(=O)OCC)c1ccccc1. The minimum absolute atomic E-state index is 0.0341. The molecule has 1 aromatic carbocycles. The fourth-order valence-electron chi connectivity index (χ4n) is 1.71. The molecule has 0 fully saturated rings. The molecule has 0 heterocycles. The fourth-order valence-corrected chi connectivity index (χ4v) is 1.71. The molecule has 0 radical (unpaired) electrons. The Morgan fingerprint density at radius 1 is 1.32 bits per heavy atom. The zero-order valence-electron chi connectivity index (χ0n) is 11.3. The number of allylic oxidation sites excluding steroid dienone is 2. The summed E-state index contributed by atoms with van der Waals surface area (Å²) in [4.78, 5) is 23.2. The minimum Gasteiger partial charge on any atom is -0.450 e. The highest BCUT2D eigenvalue weighted by atomic mass is 16.5. The van der Waals surface area contributed by atoms with Gasteiger partial charge >= 0.3 is 6.09 Å². The van der Waals surface area contributed by atoms with E-state index in [0.29, 0.717) is 6.61 Å². The van der Waals surface area contributed by atoms with Crippen molar-refractivity contribution in [2.75, 3.05) is 6.61 Å². The lowest BCUT2D eigenvalue weighted by Crippen LogP contribution is -2.30. The monoisotopic (exact) mass is 261 g/mol. The van der Waals surface area contributed by atoms with Crippen molar-refractivity contribution in [1.82, 2.24) is 5.32 Å². The first-order chi connectivity index (χ1) is 9.17. The number of ether oxygens (including phenoxy) is 1. The molecule has 1 atom stereocenters. The predicted octanol–water partition coefficient (Wildman–Crippen LogP) is 3.01. The first-order valence-electron chi connectivity index (χ1n) is 6.31. The highest BCUT2D eigenvalue weighted by Crippen LogP contribution is 2.17. The van der Waals surface area contributed by atoms with E-state index >= 15 is 0 Å². The third-order valence-corrected chi connectivity index (χ3v) is 2.53.